The molecule has 0 saturated carbocycles. The van der Waals surface area contributed by atoms with Crippen molar-refractivity contribution >= 4 is 33.3 Å². The van der Waals surface area contributed by atoms with Gasteiger partial charge in [-0.25, -0.2) is 4.79 Å². The fourth-order valence-corrected chi connectivity index (χ4v) is 4.51. The maximum atomic E-state index is 12.7. The van der Waals surface area contributed by atoms with E-state index in [1.54, 1.807) is 53.1 Å². The normalized spacial score (nSPS) is 11.4. The molecule has 0 amide bonds. The highest BCUT2D eigenvalue weighted by Crippen LogP contribution is 2.24. The number of hydrogen-bond acceptors (Lipinski definition) is 6. The molecule has 0 bridgehead atoms. The van der Waals surface area contributed by atoms with Crippen LogP contribution in [0.2, 0.25) is 0 Å². The molecule has 0 fully saturated rings. The molecule has 0 aliphatic heterocycles. The van der Waals surface area contributed by atoms with E-state index in [1.165, 1.54) is 13.8 Å². The van der Waals surface area contributed by atoms with Crippen molar-refractivity contribution in [3.63, 3.8) is 0 Å². The van der Waals surface area contributed by atoms with Gasteiger partial charge in [0.05, 0.1) is 16.8 Å². The minimum atomic E-state index is -1.36. The summed E-state index contributed by atoms with van der Waals surface area (Å²) in [5, 5.41) is 9.23. The van der Waals surface area contributed by atoms with Gasteiger partial charge >= 0.3 is 10.8 Å². The van der Waals surface area contributed by atoms with Crippen LogP contribution in [0, 0.1) is 0 Å². The van der Waals surface area contributed by atoms with E-state index in [0.717, 1.165) is 21.6 Å². The monoisotopic (exact) mass is 491 g/mol. The Labute approximate surface area is 206 Å². The van der Waals surface area contributed by atoms with E-state index in [9.17, 15) is 19.5 Å². The number of ether oxygens (including phenoxy) is 2. The van der Waals surface area contributed by atoms with Crippen LogP contribution in [0.5, 0.6) is 11.5 Å². The van der Waals surface area contributed by atoms with Gasteiger partial charge in [-0.3, -0.25) is 14.2 Å². The van der Waals surface area contributed by atoms with Crippen molar-refractivity contribution < 1.29 is 24.2 Å². The second-order valence-electron chi connectivity index (χ2n) is 8.49. The van der Waals surface area contributed by atoms with Crippen molar-refractivity contribution in [1.82, 2.24) is 4.57 Å². The molecule has 0 aliphatic carbocycles. The van der Waals surface area contributed by atoms with E-state index in [0.29, 0.717) is 42.2 Å². The predicted molar refractivity (Wildman–Crippen MR) is 135 cm³/mol. The summed E-state index contributed by atoms with van der Waals surface area (Å²) < 4.78 is 13.8. The molecule has 0 saturated heterocycles. The van der Waals surface area contributed by atoms with Crippen molar-refractivity contribution in [1.29, 1.82) is 0 Å². The lowest BCUT2D eigenvalue weighted by Crippen LogP contribution is -2.37. The number of aryl methyl sites for hydroxylation is 1. The molecule has 35 heavy (non-hydrogen) atoms. The number of ketones is 1. The lowest BCUT2D eigenvalue weighted by Gasteiger charge is -2.21. The van der Waals surface area contributed by atoms with Crippen LogP contribution in [-0.2, 0) is 11.3 Å². The summed E-state index contributed by atoms with van der Waals surface area (Å²) >= 11 is 1.12. The highest BCUT2D eigenvalue weighted by molar-refractivity contribution is 7.16. The van der Waals surface area contributed by atoms with Gasteiger partial charge in [0.15, 0.2) is 11.4 Å². The predicted octanol–water partition coefficient (Wildman–Crippen LogP) is 5.01. The zero-order chi connectivity index (χ0) is 25.0. The van der Waals surface area contributed by atoms with Crippen molar-refractivity contribution in [3.05, 3.63) is 93.6 Å². The summed E-state index contributed by atoms with van der Waals surface area (Å²) in [5.74, 6) is -0.189. The number of carbonyl (C=O) groups is 2. The van der Waals surface area contributed by atoms with E-state index < -0.39 is 11.6 Å². The van der Waals surface area contributed by atoms with Crippen LogP contribution in [0.15, 0.2) is 77.6 Å². The van der Waals surface area contributed by atoms with Gasteiger partial charge in [-0.2, -0.15) is 0 Å². The van der Waals surface area contributed by atoms with Gasteiger partial charge in [0.25, 0.3) is 0 Å². The maximum absolute atomic E-state index is 12.7. The number of carboxylic acid groups (broad SMARTS) is 1. The second kappa shape index (κ2) is 10.1. The quantitative estimate of drug-likeness (QED) is 0.248. The SMILES string of the molecule is CC(C)(Oc1cccc(OCCCn2c(=O)sc3cc(C(=O)c4ccccc4)ccc32)c1)C(=O)O. The number of aliphatic carboxylic acids is 1. The molecular formula is C27H25NO6S. The Morgan fingerprint density at radius 3 is 2.43 bits per heavy atom. The molecular weight excluding hydrogens is 466 g/mol. The standard InChI is InChI=1S/C27H25NO6S/c1-27(2,25(30)31)34-21-11-6-10-20(17-21)33-15-7-14-28-22-13-12-19(16-23(22)35-26(28)32)24(29)18-8-4-3-5-9-18/h3-6,8-13,16-17H,7,14-15H2,1-2H3,(H,30,31). The van der Waals surface area contributed by atoms with Crippen LogP contribution in [0.4, 0.5) is 0 Å². The Balaban J connectivity index is 1.39. The molecule has 7 nitrogen and oxygen atoms in total. The fourth-order valence-electron chi connectivity index (χ4n) is 3.55. The number of hydrogen-bond donors (Lipinski definition) is 1. The molecule has 3 aromatic carbocycles. The Morgan fingerprint density at radius 2 is 1.69 bits per heavy atom. The largest absolute Gasteiger partial charge is 0.493 e. The Hall–Kier alpha value is -3.91. The van der Waals surface area contributed by atoms with Gasteiger partial charge in [-0.05, 0) is 50.6 Å². The first-order valence-electron chi connectivity index (χ1n) is 11.1. The topological polar surface area (TPSA) is 94.8 Å². The zero-order valence-electron chi connectivity index (χ0n) is 19.4. The van der Waals surface area contributed by atoms with Crippen molar-refractivity contribution in [2.75, 3.05) is 6.61 Å². The first-order chi connectivity index (χ1) is 16.7. The number of aromatic nitrogens is 1. The molecule has 0 radical (unpaired) electrons. The van der Waals surface area contributed by atoms with Gasteiger partial charge in [0.2, 0.25) is 0 Å². The summed E-state index contributed by atoms with van der Waals surface area (Å²) in [6, 6.07) is 21.2. The molecule has 0 atom stereocenters. The first-order valence-corrected chi connectivity index (χ1v) is 11.9. The molecule has 0 unspecified atom stereocenters. The average molecular weight is 492 g/mol. The van der Waals surface area contributed by atoms with E-state index in [1.807, 2.05) is 24.3 Å². The third-order valence-corrected chi connectivity index (χ3v) is 6.40. The number of nitrogens with zero attached hydrogens (tertiary/aromatic N) is 1. The molecule has 1 aromatic heterocycles. The second-order valence-corrected chi connectivity index (χ2v) is 9.48. The van der Waals surface area contributed by atoms with E-state index in [4.69, 9.17) is 9.47 Å². The maximum Gasteiger partial charge on any atom is 0.347 e. The Morgan fingerprint density at radius 1 is 0.943 bits per heavy atom. The minimum Gasteiger partial charge on any atom is -0.493 e. The lowest BCUT2D eigenvalue weighted by molar-refractivity contribution is -0.152. The molecule has 1 heterocycles. The van der Waals surface area contributed by atoms with E-state index in [2.05, 4.69) is 0 Å². The van der Waals surface area contributed by atoms with Crippen LogP contribution in [0.25, 0.3) is 10.2 Å². The number of benzene rings is 3. The molecule has 0 spiro atoms. The molecule has 8 heteroatoms. The Bertz CT molecular complexity index is 1420. The smallest absolute Gasteiger partial charge is 0.347 e. The van der Waals surface area contributed by atoms with Crippen molar-refractivity contribution in [3.8, 4) is 11.5 Å². The number of fused-ring (bicyclic) bond motifs is 1. The molecule has 180 valence electrons. The van der Waals surface area contributed by atoms with Gasteiger partial charge in [-0.15, -0.1) is 0 Å². The van der Waals surface area contributed by atoms with E-state index >= 15 is 0 Å². The zero-order valence-corrected chi connectivity index (χ0v) is 20.2. The molecule has 4 rings (SSSR count). The van der Waals surface area contributed by atoms with Gasteiger partial charge in [-0.1, -0.05) is 47.7 Å². The van der Waals surface area contributed by atoms with E-state index in [-0.39, 0.29) is 10.7 Å². The summed E-state index contributed by atoms with van der Waals surface area (Å²) in [5.41, 5.74) is 0.590. The highest BCUT2D eigenvalue weighted by atomic mass is 32.1. The third kappa shape index (κ3) is 5.60. The van der Waals surface area contributed by atoms with Gasteiger partial charge < -0.3 is 14.6 Å². The summed E-state index contributed by atoms with van der Waals surface area (Å²) in [6.45, 7) is 3.78. The highest BCUT2D eigenvalue weighted by Gasteiger charge is 2.29. The van der Waals surface area contributed by atoms with Crippen LogP contribution >= 0.6 is 11.3 Å². The number of carboxylic acids is 1. The fraction of sp³-hybridized carbons (Fsp3) is 0.222. The first kappa shape index (κ1) is 24.2. The summed E-state index contributed by atoms with van der Waals surface area (Å²) in [4.78, 5) is 36.5. The summed E-state index contributed by atoms with van der Waals surface area (Å²) in [6.07, 6.45) is 0.585. The molecule has 0 aliphatic rings. The minimum absolute atomic E-state index is 0.0775. The lowest BCUT2D eigenvalue weighted by atomic mass is 10.0. The third-order valence-electron chi connectivity index (χ3n) is 5.45. The number of rotatable bonds is 10. The van der Waals surface area contributed by atoms with Gasteiger partial charge in [0, 0.05) is 23.7 Å². The van der Waals surface area contributed by atoms with Crippen LogP contribution < -0.4 is 14.3 Å². The number of carbonyl (C=O) groups excluding carboxylic acids is 1. The number of thiazole rings is 1. The molecule has 1 N–H and O–H groups in total. The van der Waals surface area contributed by atoms with Crippen LogP contribution in [0.3, 0.4) is 0 Å². The molecule has 4 aromatic rings. The van der Waals surface area contributed by atoms with Gasteiger partial charge in [0.1, 0.15) is 11.5 Å². The Kier molecular flexibility index (Phi) is 7.02. The van der Waals surface area contributed by atoms with Crippen LogP contribution in [0.1, 0.15) is 36.2 Å². The van der Waals surface area contributed by atoms with Crippen molar-refractivity contribution in [2.45, 2.75) is 32.4 Å². The average Bonchev–Trinajstić information content (AvgIpc) is 3.16. The summed E-state index contributed by atoms with van der Waals surface area (Å²) in [7, 11) is 0. The van der Waals surface area contributed by atoms with Crippen LogP contribution in [-0.4, -0.2) is 33.6 Å². The van der Waals surface area contributed by atoms with Crippen molar-refractivity contribution in [2.24, 2.45) is 0 Å².